The second-order valence-electron chi connectivity index (χ2n) is 28.8. The molecule has 0 aromatic heterocycles. The van der Waals surface area contributed by atoms with Crippen LogP contribution in [-0.4, -0.2) is 47.4 Å². The molecule has 0 bridgehead atoms. The maximum atomic E-state index is 12.6. The number of nitrogens with one attached hydrogen (secondary N) is 1. The molecule has 0 rings (SSSR count). The van der Waals surface area contributed by atoms with Gasteiger partial charge in [0.25, 0.3) is 0 Å². The number of rotatable bonds is 79. The minimum atomic E-state index is -0.661. The number of esters is 1. The number of allylic oxidation sites excluding steroid dienone is 4. The molecule has 6 nitrogen and oxygen atoms in total. The van der Waals surface area contributed by atoms with Gasteiger partial charge in [0.2, 0.25) is 5.91 Å². The molecule has 0 radical (unpaired) electrons. The smallest absolute Gasteiger partial charge is 0.305 e. The van der Waals surface area contributed by atoms with E-state index in [9.17, 15) is 19.8 Å². The fraction of sp³-hybridized carbons (Fsp3) is 0.929. The highest BCUT2D eigenvalue weighted by molar-refractivity contribution is 5.76. The van der Waals surface area contributed by atoms with Crippen molar-refractivity contribution in [2.75, 3.05) is 13.2 Å². The van der Waals surface area contributed by atoms with Gasteiger partial charge in [-0.15, -0.1) is 0 Å². The number of unbranched alkanes of at least 4 members (excludes halogenated alkanes) is 64. The van der Waals surface area contributed by atoms with Gasteiger partial charge in [0.1, 0.15) is 0 Å². The molecule has 2 unspecified atom stereocenters. The van der Waals surface area contributed by atoms with Crippen molar-refractivity contribution in [2.24, 2.45) is 0 Å². The summed E-state index contributed by atoms with van der Waals surface area (Å²) in [6, 6.07) is -0.538. The Morgan fingerprint density at radius 1 is 0.311 bits per heavy atom. The topological polar surface area (TPSA) is 95.9 Å². The molecule has 0 saturated heterocycles. The van der Waals surface area contributed by atoms with Crippen molar-refractivity contribution >= 4 is 11.9 Å². The van der Waals surface area contributed by atoms with Gasteiger partial charge < -0.3 is 20.3 Å². The molecule has 534 valence electrons. The molecule has 0 heterocycles. The third-order valence-corrected chi connectivity index (χ3v) is 19.8. The maximum absolute atomic E-state index is 12.6. The summed E-state index contributed by atoms with van der Waals surface area (Å²) in [5, 5.41) is 23.5. The van der Waals surface area contributed by atoms with E-state index in [1.165, 1.54) is 392 Å². The molecule has 0 spiro atoms. The Labute approximate surface area is 564 Å². The third-order valence-electron chi connectivity index (χ3n) is 19.8. The zero-order chi connectivity index (χ0) is 64.9. The number of carbonyl (C=O) groups is 2. The lowest BCUT2D eigenvalue weighted by atomic mass is 10.0. The minimum Gasteiger partial charge on any atom is -0.466 e. The molecule has 3 N–H and O–H groups in total. The third kappa shape index (κ3) is 75.4. The minimum absolute atomic E-state index is 0.0108. The number of amides is 1. The summed E-state index contributed by atoms with van der Waals surface area (Å²) in [6.07, 6.45) is 103. The normalized spacial score (nSPS) is 12.5. The van der Waals surface area contributed by atoms with Crippen LogP contribution in [0.25, 0.3) is 0 Å². The number of hydrogen-bond acceptors (Lipinski definition) is 5. The fourth-order valence-electron chi connectivity index (χ4n) is 13.4. The second kappa shape index (κ2) is 79.8. The van der Waals surface area contributed by atoms with Gasteiger partial charge >= 0.3 is 5.97 Å². The lowest BCUT2D eigenvalue weighted by molar-refractivity contribution is -0.143. The molecule has 0 fully saturated rings. The van der Waals surface area contributed by atoms with E-state index in [1.807, 2.05) is 0 Å². The van der Waals surface area contributed by atoms with Crippen LogP contribution in [0.1, 0.15) is 476 Å². The Kier molecular flexibility index (Phi) is 78.3. The first-order chi connectivity index (χ1) is 44.5. The van der Waals surface area contributed by atoms with Gasteiger partial charge in [-0.2, -0.15) is 0 Å². The zero-order valence-electron chi connectivity index (χ0n) is 61.4. The molecular weight excluding hydrogens is 1100 g/mol. The van der Waals surface area contributed by atoms with Crippen LogP contribution in [-0.2, 0) is 14.3 Å². The van der Waals surface area contributed by atoms with Crippen LogP contribution in [0.2, 0.25) is 0 Å². The predicted molar refractivity (Wildman–Crippen MR) is 398 cm³/mol. The van der Waals surface area contributed by atoms with Gasteiger partial charge in [-0.05, 0) is 57.8 Å². The molecule has 2 atom stereocenters. The average Bonchev–Trinajstić information content (AvgIpc) is 3.68. The van der Waals surface area contributed by atoms with E-state index >= 15 is 0 Å². The highest BCUT2D eigenvalue weighted by Gasteiger charge is 2.20. The zero-order valence-corrected chi connectivity index (χ0v) is 61.4. The Morgan fingerprint density at radius 2 is 0.556 bits per heavy atom. The SMILES string of the molecule is CCCCCC/C=C\C/C=C\CCCCCCCC(=O)OCCCCCCCCCCCCCCCCCCCCCCCCCCCCCCCCCCCCCCCC(=O)NC(CO)C(O)CCCCCCCCCCCCCCCCCCCCCC. The van der Waals surface area contributed by atoms with Gasteiger partial charge in [-0.25, -0.2) is 0 Å². The van der Waals surface area contributed by atoms with E-state index < -0.39 is 12.1 Å². The molecule has 0 aliphatic rings. The van der Waals surface area contributed by atoms with E-state index in [0.717, 1.165) is 51.4 Å². The average molecular weight is 1270 g/mol. The van der Waals surface area contributed by atoms with E-state index in [-0.39, 0.29) is 18.5 Å². The van der Waals surface area contributed by atoms with Crippen molar-refractivity contribution < 1.29 is 24.5 Å². The van der Waals surface area contributed by atoms with Gasteiger partial charge in [0.05, 0.1) is 25.4 Å². The van der Waals surface area contributed by atoms with Crippen molar-refractivity contribution in [1.29, 1.82) is 0 Å². The summed E-state index contributed by atoms with van der Waals surface area (Å²) < 4.78 is 5.50. The Morgan fingerprint density at radius 3 is 0.856 bits per heavy atom. The molecule has 0 aliphatic heterocycles. The van der Waals surface area contributed by atoms with Gasteiger partial charge in [-0.3, -0.25) is 9.59 Å². The molecule has 0 aromatic rings. The van der Waals surface area contributed by atoms with Crippen molar-refractivity contribution in [3.63, 3.8) is 0 Å². The number of aliphatic hydroxyl groups is 2. The largest absolute Gasteiger partial charge is 0.466 e. The van der Waals surface area contributed by atoms with E-state index in [4.69, 9.17) is 4.74 Å². The van der Waals surface area contributed by atoms with Crippen LogP contribution in [0.15, 0.2) is 24.3 Å². The lowest BCUT2D eigenvalue weighted by Gasteiger charge is -2.22. The molecule has 0 aromatic carbocycles. The summed E-state index contributed by atoms with van der Waals surface area (Å²) in [5.74, 6) is -0.0130. The molecule has 90 heavy (non-hydrogen) atoms. The van der Waals surface area contributed by atoms with Crippen LogP contribution >= 0.6 is 0 Å². The van der Waals surface area contributed by atoms with Crippen molar-refractivity contribution in [2.45, 2.75) is 488 Å². The van der Waals surface area contributed by atoms with E-state index in [0.29, 0.717) is 25.9 Å². The lowest BCUT2D eigenvalue weighted by Crippen LogP contribution is -2.45. The van der Waals surface area contributed by atoms with Crippen LogP contribution in [0.5, 0.6) is 0 Å². The first-order valence-corrected chi connectivity index (χ1v) is 41.6. The van der Waals surface area contributed by atoms with Crippen molar-refractivity contribution in [3.8, 4) is 0 Å². The van der Waals surface area contributed by atoms with Gasteiger partial charge in [-0.1, -0.05) is 430 Å². The quantitative estimate of drug-likeness (QED) is 0.0320. The van der Waals surface area contributed by atoms with E-state index in [2.05, 4.69) is 43.5 Å². The second-order valence-corrected chi connectivity index (χ2v) is 28.8. The number of ether oxygens (including phenoxy) is 1. The number of carbonyl (C=O) groups excluding carboxylic acids is 2. The Bertz CT molecular complexity index is 1410. The highest BCUT2D eigenvalue weighted by atomic mass is 16.5. The van der Waals surface area contributed by atoms with Crippen molar-refractivity contribution in [3.05, 3.63) is 24.3 Å². The van der Waals surface area contributed by atoms with Gasteiger partial charge in [0.15, 0.2) is 0 Å². The Balaban J connectivity index is 3.30. The highest BCUT2D eigenvalue weighted by Crippen LogP contribution is 2.21. The molecule has 0 saturated carbocycles. The van der Waals surface area contributed by atoms with Gasteiger partial charge in [0, 0.05) is 12.8 Å². The molecule has 0 aliphatic carbocycles. The Hall–Kier alpha value is -1.66. The van der Waals surface area contributed by atoms with Crippen LogP contribution < -0.4 is 5.32 Å². The predicted octanol–water partition coefficient (Wildman–Crippen LogP) is 27.6. The summed E-state index contributed by atoms with van der Waals surface area (Å²) in [6.45, 7) is 4.99. The van der Waals surface area contributed by atoms with Crippen molar-refractivity contribution in [1.82, 2.24) is 5.32 Å². The monoisotopic (exact) mass is 1270 g/mol. The summed E-state index contributed by atoms with van der Waals surface area (Å²) in [7, 11) is 0. The fourth-order valence-corrected chi connectivity index (χ4v) is 13.4. The van der Waals surface area contributed by atoms with Crippen LogP contribution in [0, 0.1) is 0 Å². The number of hydrogen-bond donors (Lipinski definition) is 3. The first-order valence-electron chi connectivity index (χ1n) is 41.6. The maximum Gasteiger partial charge on any atom is 0.305 e. The summed E-state index contributed by atoms with van der Waals surface area (Å²) in [4.78, 5) is 24.7. The van der Waals surface area contributed by atoms with Crippen LogP contribution in [0.3, 0.4) is 0 Å². The standard InChI is InChI=1S/C84H163NO5/c1-3-5-7-9-11-13-15-17-19-21-22-42-45-48-52-56-60-64-68-72-76-82(87)81(80-86)85-83(88)77-73-69-65-61-57-53-49-46-43-40-38-36-34-32-30-28-26-24-23-25-27-29-31-33-35-37-39-41-44-47-51-55-59-63-67-71-75-79-90-84(89)78-74-70-66-62-58-54-50-20-18-16-14-12-10-8-6-4-2/h14,16,20,50,81-82,86-87H,3-13,15,17-19,21-49,51-80H2,1-2H3,(H,85,88)/b16-14-,50-20-. The molecule has 1 amide bonds. The van der Waals surface area contributed by atoms with E-state index in [1.54, 1.807) is 0 Å². The molecular formula is C84H163NO5. The molecule has 6 heteroatoms. The summed E-state index contributed by atoms with van der Waals surface area (Å²) in [5.41, 5.74) is 0. The first kappa shape index (κ1) is 88.3. The summed E-state index contributed by atoms with van der Waals surface area (Å²) >= 11 is 0. The van der Waals surface area contributed by atoms with Crippen LogP contribution in [0.4, 0.5) is 0 Å². The number of aliphatic hydroxyl groups excluding tert-OH is 2.